The van der Waals surface area contributed by atoms with Crippen molar-refractivity contribution in [1.82, 2.24) is 20.2 Å². The van der Waals surface area contributed by atoms with Crippen LogP contribution < -0.4 is 10.5 Å². The van der Waals surface area contributed by atoms with E-state index in [1.165, 1.54) is 0 Å². The first-order valence-corrected chi connectivity index (χ1v) is 6.10. The van der Waals surface area contributed by atoms with Crippen LogP contribution in [0.15, 0.2) is 18.2 Å². The van der Waals surface area contributed by atoms with E-state index >= 15 is 0 Å². The molecule has 3 rings (SSSR count). The highest BCUT2D eigenvalue weighted by Crippen LogP contribution is 2.40. The van der Waals surface area contributed by atoms with Gasteiger partial charge in [-0.05, 0) is 42.3 Å². The van der Waals surface area contributed by atoms with Crippen LogP contribution in [0.3, 0.4) is 0 Å². The number of hydrogen-bond donors (Lipinski definition) is 1. The van der Waals surface area contributed by atoms with E-state index < -0.39 is 0 Å². The molecule has 1 aliphatic rings. The molecular weight excluding hydrogens is 230 g/mol. The molecule has 18 heavy (non-hydrogen) atoms. The number of nitrogen functional groups attached to an aromatic ring is 1. The van der Waals surface area contributed by atoms with Crippen LogP contribution in [-0.4, -0.2) is 26.8 Å². The first-order chi connectivity index (χ1) is 8.81. The highest BCUT2D eigenvalue weighted by molar-refractivity contribution is 5.73. The van der Waals surface area contributed by atoms with Crippen LogP contribution in [0, 0.1) is 0 Å². The minimum atomic E-state index is 0.422. The zero-order chi connectivity index (χ0) is 12.5. The molecule has 2 aromatic rings. The Morgan fingerprint density at radius 1 is 1.44 bits per heavy atom. The summed E-state index contributed by atoms with van der Waals surface area (Å²) >= 11 is 0. The van der Waals surface area contributed by atoms with Gasteiger partial charge in [-0.2, -0.15) is 0 Å². The van der Waals surface area contributed by atoms with Crippen molar-refractivity contribution in [3.05, 3.63) is 18.2 Å². The van der Waals surface area contributed by atoms with Crippen molar-refractivity contribution in [2.75, 3.05) is 12.3 Å². The number of aromatic nitrogens is 4. The minimum absolute atomic E-state index is 0.422. The SMILES string of the molecule is CCOc1c(N)cccc1-c1nnnn1C1CC1. The molecule has 0 bridgehead atoms. The second-order valence-electron chi connectivity index (χ2n) is 4.34. The molecule has 1 saturated carbocycles. The average molecular weight is 245 g/mol. The molecule has 0 unspecified atom stereocenters. The number of para-hydroxylation sites is 1. The fourth-order valence-corrected chi connectivity index (χ4v) is 1.97. The van der Waals surface area contributed by atoms with Crippen molar-refractivity contribution in [3.8, 4) is 17.1 Å². The van der Waals surface area contributed by atoms with Gasteiger partial charge in [-0.3, -0.25) is 0 Å². The van der Waals surface area contributed by atoms with Gasteiger partial charge in [-0.15, -0.1) is 5.10 Å². The van der Waals surface area contributed by atoms with Crippen molar-refractivity contribution in [2.24, 2.45) is 0 Å². The summed E-state index contributed by atoms with van der Waals surface area (Å²) < 4.78 is 7.47. The van der Waals surface area contributed by atoms with Gasteiger partial charge in [0, 0.05) is 0 Å². The normalized spacial score (nSPS) is 14.7. The van der Waals surface area contributed by atoms with Gasteiger partial charge in [0.05, 0.1) is 23.9 Å². The monoisotopic (exact) mass is 245 g/mol. The number of anilines is 1. The Morgan fingerprint density at radius 2 is 2.28 bits per heavy atom. The third-order valence-electron chi connectivity index (χ3n) is 2.96. The maximum atomic E-state index is 5.95. The fourth-order valence-electron chi connectivity index (χ4n) is 1.97. The zero-order valence-corrected chi connectivity index (χ0v) is 10.2. The average Bonchev–Trinajstić information content (AvgIpc) is 3.10. The molecular formula is C12H15N5O. The van der Waals surface area contributed by atoms with Crippen molar-refractivity contribution in [1.29, 1.82) is 0 Å². The van der Waals surface area contributed by atoms with E-state index in [-0.39, 0.29) is 0 Å². The van der Waals surface area contributed by atoms with E-state index in [1.54, 1.807) is 0 Å². The lowest BCUT2D eigenvalue weighted by Crippen LogP contribution is -2.04. The lowest BCUT2D eigenvalue weighted by atomic mass is 10.1. The standard InChI is InChI=1S/C12H15N5O/c1-2-18-11-9(4-3-5-10(11)13)12-14-15-16-17(12)8-6-7-8/h3-5,8H,2,6-7,13H2,1H3. The van der Waals surface area contributed by atoms with Crippen LogP contribution in [0.5, 0.6) is 5.75 Å². The highest BCUT2D eigenvalue weighted by atomic mass is 16.5. The lowest BCUT2D eigenvalue weighted by molar-refractivity contribution is 0.343. The van der Waals surface area contributed by atoms with E-state index in [0.717, 1.165) is 24.2 Å². The molecule has 0 spiro atoms. The predicted molar refractivity (Wildman–Crippen MR) is 67.1 cm³/mol. The molecule has 0 radical (unpaired) electrons. The van der Waals surface area contributed by atoms with Gasteiger partial charge in [0.25, 0.3) is 0 Å². The maximum absolute atomic E-state index is 5.95. The molecule has 6 heteroatoms. The Hall–Kier alpha value is -2.11. The Labute approximate surface area is 105 Å². The summed E-state index contributed by atoms with van der Waals surface area (Å²) in [4.78, 5) is 0. The van der Waals surface area contributed by atoms with Crippen LogP contribution in [0.25, 0.3) is 11.4 Å². The highest BCUT2D eigenvalue weighted by Gasteiger charge is 2.29. The second kappa shape index (κ2) is 4.29. The van der Waals surface area contributed by atoms with E-state index in [1.807, 2.05) is 29.8 Å². The first kappa shape index (κ1) is 11.0. The van der Waals surface area contributed by atoms with Gasteiger partial charge in [0.15, 0.2) is 11.6 Å². The lowest BCUT2D eigenvalue weighted by Gasteiger charge is -2.12. The molecule has 1 aromatic heterocycles. The largest absolute Gasteiger partial charge is 0.491 e. The molecule has 0 aliphatic heterocycles. The summed E-state index contributed by atoms with van der Waals surface area (Å²) in [5, 5.41) is 11.9. The number of rotatable bonds is 4. The van der Waals surface area contributed by atoms with Gasteiger partial charge >= 0.3 is 0 Å². The van der Waals surface area contributed by atoms with E-state index in [9.17, 15) is 0 Å². The van der Waals surface area contributed by atoms with Gasteiger partial charge in [0.1, 0.15) is 0 Å². The summed E-state index contributed by atoms with van der Waals surface area (Å²) in [7, 11) is 0. The molecule has 6 nitrogen and oxygen atoms in total. The van der Waals surface area contributed by atoms with Crippen molar-refractivity contribution >= 4 is 5.69 Å². The van der Waals surface area contributed by atoms with Gasteiger partial charge in [-0.1, -0.05) is 6.07 Å². The topological polar surface area (TPSA) is 78.8 Å². The van der Waals surface area contributed by atoms with Crippen LogP contribution in [-0.2, 0) is 0 Å². The van der Waals surface area contributed by atoms with E-state index in [0.29, 0.717) is 24.1 Å². The summed E-state index contributed by atoms with van der Waals surface area (Å²) in [6, 6.07) is 6.07. The van der Waals surface area contributed by atoms with Crippen molar-refractivity contribution < 1.29 is 4.74 Å². The molecule has 2 N–H and O–H groups in total. The molecule has 0 amide bonds. The summed E-state index contributed by atoms with van der Waals surface area (Å²) in [6.07, 6.45) is 2.26. The molecule has 94 valence electrons. The fraction of sp³-hybridized carbons (Fsp3) is 0.417. The minimum Gasteiger partial charge on any atom is -0.491 e. The number of benzene rings is 1. The maximum Gasteiger partial charge on any atom is 0.186 e. The summed E-state index contributed by atoms with van der Waals surface area (Å²) in [6.45, 7) is 2.49. The van der Waals surface area contributed by atoms with Crippen LogP contribution in [0.1, 0.15) is 25.8 Å². The number of tetrazole rings is 1. The zero-order valence-electron chi connectivity index (χ0n) is 10.2. The molecule has 1 aliphatic carbocycles. The van der Waals surface area contributed by atoms with Crippen molar-refractivity contribution in [2.45, 2.75) is 25.8 Å². The molecule has 1 fully saturated rings. The number of nitrogens with two attached hydrogens (primary N) is 1. The molecule has 0 atom stereocenters. The predicted octanol–water partition coefficient (Wildman–Crippen LogP) is 1.66. The first-order valence-electron chi connectivity index (χ1n) is 6.10. The van der Waals surface area contributed by atoms with Gasteiger partial charge in [0.2, 0.25) is 0 Å². The number of nitrogens with zero attached hydrogens (tertiary/aromatic N) is 4. The van der Waals surface area contributed by atoms with Gasteiger partial charge in [-0.25, -0.2) is 4.68 Å². The Balaban J connectivity index is 2.10. The van der Waals surface area contributed by atoms with E-state index in [4.69, 9.17) is 10.5 Å². The number of ether oxygens (including phenoxy) is 1. The third-order valence-corrected chi connectivity index (χ3v) is 2.96. The number of hydrogen-bond acceptors (Lipinski definition) is 5. The Kier molecular flexibility index (Phi) is 2.62. The molecule has 1 aromatic carbocycles. The smallest absolute Gasteiger partial charge is 0.186 e. The third kappa shape index (κ3) is 1.79. The molecule has 0 saturated heterocycles. The quantitative estimate of drug-likeness (QED) is 0.829. The Morgan fingerprint density at radius 3 is 3.00 bits per heavy atom. The second-order valence-corrected chi connectivity index (χ2v) is 4.34. The van der Waals surface area contributed by atoms with E-state index in [2.05, 4.69) is 15.5 Å². The van der Waals surface area contributed by atoms with Gasteiger partial charge < -0.3 is 10.5 Å². The van der Waals surface area contributed by atoms with Crippen LogP contribution in [0.2, 0.25) is 0 Å². The molecule has 1 heterocycles. The van der Waals surface area contributed by atoms with Crippen molar-refractivity contribution in [3.63, 3.8) is 0 Å². The summed E-state index contributed by atoms with van der Waals surface area (Å²) in [5.41, 5.74) is 7.42. The van der Waals surface area contributed by atoms with Crippen LogP contribution >= 0.6 is 0 Å². The Bertz CT molecular complexity index is 561. The van der Waals surface area contributed by atoms with Crippen LogP contribution in [0.4, 0.5) is 5.69 Å². The summed E-state index contributed by atoms with van der Waals surface area (Å²) in [5.74, 6) is 1.39.